The molecule has 0 aromatic heterocycles. The average molecular weight is 239 g/mol. The molecule has 1 amide bonds. The minimum absolute atomic E-state index is 0.00133. The minimum atomic E-state index is -4.81. The highest BCUT2D eigenvalue weighted by Crippen LogP contribution is 2.14. The van der Waals surface area contributed by atoms with E-state index in [4.69, 9.17) is 0 Å². The van der Waals surface area contributed by atoms with E-state index in [0.29, 0.717) is 32.1 Å². The lowest BCUT2D eigenvalue weighted by molar-refractivity contribution is -0.173. The van der Waals surface area contributed by atoms with Crippen molar-refractivity contribution in [2.24, 2.45) is 0 Å². The third-order valence-corrected chi connectivity index (χ3v) is 2.07. The lowest BCUT2D eigenvalue weighted by atomic mass is 10.1. The molecule has 0 heterocycles. The van der Waals surface area contributed by atoms with Crippen molar-refractivity contribution >= 4 is 11.7 Å². The van der Waals surface area contributed by atoms with Gasteiger partial charge in [-0.15, -0.1) is 0 Å². The lowest BCUT2D eigenvalue weighted by Crippen LogP contribution is -2.37. The summed E-state index contributed by atoms with van der Waals surface area (Å²) in [6, 6.07) is 0. The van der Waals surface area contributed by atoms with Crippen LogP contribution in [0.25, 0.3) is 0 Å². The lowest BCUT2D eigenvalue weighted by Gasteiger charge is -2.07. The SMILES string of the molecule is CCC(=O)CCCCCNC(=O)C(F)(F)F. The molecule has 6 heteroatoms. The molecular weight excluding hydrogens is 223 g/mol. The molecule has 0 saturated carbocycles. The van der Waals surface area contributed by atoms with Crippen LogP contribution in [0.4, 0.5) is 13.2 Å². The minimum Gasteiger partial charge on any atom is -0.348 e. The molecule has 0 aromatic carbocycles. The van der Waals surface area contributed by atoms with Crippen molar-refractivity contribution in [2.75, 3.05) is 6.54 Å². The van der Waals surface area contributed by atoms with Gasteiger partial charge in [-0.1, -0.05) is 13.3 Å². The van der Waals surface area contributed by atoms with E-state index in [0.717, 1.165) is 0 Å². The van der Waals surface area contributed by atoms with Gasteiger partial charge in [-0.3, -0.25) is 9.59 Å². The van der Waals surface area contributed by atoms with Crippen LogP contribution in [0.1, 0.15) is 39.0 Å². The monoisotopic (exact) mass is 239 g/mol. The molecular formula is C10H16F3NO2. The Morgan fingerprint density at radius 2 is 1.75 bits per heavy atom. The van der Waals surface area contributed by atoms with E-state index in [1.54, 1.807) is 12.2 Å². The predicted octanol–water partition coefficient (Wildman–Crippen LogP) is 2.20. The Balaban J connectivity index is 3.41. The van der Waals surface area contributed by atoms with E-state index in [1.165, 1.54) is 0 Å². The largest absolute Gasteiger partial charge is 0.471 e. The highest BCUT2D eigenvalue weighted by atomic mass is 19.4. The van der Waals surface area contributed by atoms with Crippen LogP contribution in [0.2, 0.25) is 0 Å². The number of amides is 1. The van der Waals surface area contributed by atoms with Crippen molar-refractivity contribution in [1.29, 1.82) is 0 Å². The maximum atomic E-state index is 11.7. The number of unbranched alkanes of at least 4 members (excludes halogenated alkanes) is 2. The van der Waals surface area contributed by atoms with Crippen LogP contribution < -0.4 is 5.32 Å². The average Bonchev–Trinajstić information content (AvgIpc) is 2.20. The fraction of sp³-hybridized carbons (Fsp3) is 0.800. The highest BCUT2D eigenvalue weighted by molar-refractivity contribution is 5.81. The van der Waals surface area contributed by atoms with Crippen molar-refractivity contribution in [3.63, 3.8) is 0 Å². The van der Waals surface area contributed by atoms with E-state index in [1.807, 2.05) is 0 Å². The van der Waals surface area contributed by atoms with Crippen molar-refractivity contribution in [3.05, 3.63) is 0 Å². The molecule has 0 spiro atoms. The summed E-state index contributed by atoms with van der Waals surface area (Å²) in [6.07, 6.45) is -2.09. The van der Waals surface area contributed by atoms with Gasteiger partial charge in [0.05, 0.1) is 0 Å². The number of rotatable bonds is 7. The van der Waals surface area contributed by atoms with Crippen molar-refractivity contribution in [3.8, 4) is 0 Å². The van der Waals surface area contributed by atoms with Crippen LogP contribution in [0, 0.1) is 0 Å². The molecule has 3 nitrogen and oxygen atoms in total. The zero-order valence-corrected chi connectivity index (χ0v) is 9.19. The molecule has 0 radical (unpaired) electrons. The molecule has 0 saturated heterocycles. The van der Waals surface area contributed by atoms with Gasteiger partial charge in [0.25, 0.3) is 0 Å². The summed E-state index contributed by atoms with van der Waals surface area (Å²) >= 11 is 0. The number of ketones is 1. The van der Waals surface area contributed by atoms with Gasteiger partial charge in [-0.05, 0) is 12.8 Å². The number of hydrogen-bond donors (Lipinski definition) is 1. The quantitative estimate of drug-likeness (QED) is 0.692. The summed E-state index contributed by atoms with van der Waals surface area (Å²) in [5.74, 6) is -1.75. The number of carbonyl (C=O) groups is 2. The number of carbonyl (C=O) groups excluding carboxylic acids is 2. The number of Topliss-reactive ketones (excluding diaryl/α,β-unsaturated/α-hetero) is 1. The second kappa shape index (κ2) is 7.24. The van der Waals surface area contributed by atoms with Crippen molar-refractivity contribution in [2.45, 2.75) is 45.2 Å². The second-order valence-electron chi connectivity index (χ2n) is 3.46. The van der Waals surface area contributed by atoms with Gasteiger partial charge >= 0.3 is 12.1 Å². The van der Waals surface area contributed by atoms with E-state index in [9.17, 15) is 22.8 Å². The Labute approximate surface area is 92.4 Å². The Hall–Kier alpha value is -1.07. The number of halogens is 3. The van der Waals surface area contributed by atoms with Crippen LogP contribution in [0.15, 0.2) is 0 Å². The predicted molar refractivity (Wildman–Crippen MR) is 52.8 cm³/mol. The Bertz CT molecular complexity index is 239. The molecule has 0 aliphatic rings. The summed E-state index contributed by atoms with van der Waals surface area (Å²) in [5.41, 5.74) is 0. The molecule has 94 valence electrons. The maximum absolute atomic E-state index is 11.7. The number of alkyl halides is 3. The molecule has 0 aromatic rings. The fourth-order valence-corrected chi connectivity index (χ4v) is 1.10. The van der Waals surface area contributed by atoms with Gasteiger partial charge in [0.15, 0.2) is 0 Å². The zero-order valence-electron chi connectivity index (χ0n) is 9.19. The van der Waals surface area contributed by atoms with Crippen LogP contribution >= 0.6 is 0 Å². The molecule has 0 rings (SSSR count). The van der Waals surface area contributed by atoms with E-state index in [2.05, 4.69) is 0 Å². The first-order valence-corrected chi connectivity index (χ1v) is 5.24. The van der Waals surface area contributed by atoms with Crippen molar-refractivity contribution < 1.29 is 22.8 Å². The summed E-state index contributed by atoms with van der Waals surface area (Å²) in [4.78, 5) is 21.2. The maximum Gasteiger partial charge on any atom is 0.471 e. The van der Waals surface area contributed by atoms with Gasteiger partial charge in [0.1, 0.15) is 5.78 Å². The molecule has 1 N–H and O–H groups in total. The van der Waals surface area contributed by atoms with Crippen molar-refractivity contribution in [1.82, 2.24) is 5.32 Å². The normalized spacial score (nSPS) is 11.2. The van der Waals surface area contributed by atoms with Gasteiger partial charge < -0.3 is 5.32 Å². The topological polar surface area (TPSA) is 46.2 Å². The molecule has 0 unspecified atom stereocenters. The third kappa shape index (κ3) is 7.25. The molecule has 0 fully saturated rings. The van der Waals surface area contributed by atoms with Gasteiger partial charge in [0, 0.05) is 19.4 Å². The molecule has 0 atom stereocenters. The molecule has 0 aliphatic heterocycles. The Kier molecular flexibility index (Phi) is 6.76. The van der Waals surface area contributed by atoms with E-state index in [-0.39, 0.29) is 12.3 Å². The van der Waals surface area contributed by atoms with E-state index >= 15 is 0 Å². The summed E-state index contributed by atoms with van der Waals surface area (Å²) in [7, 11) is 0. The first-order chi connectivity index (χ1) is 7.38. The number of hydrogen-bond acceptors (Lipinski definition) is 2. The first-order valence-electron chi connectivity index (χ1n) is 5.24. The zero-order chi connectivity index (χ0) is 12.6. The van der Waals surface area contributed by atoms with Gasteiger partial charge in [-0.2, -0.15) is 13.2 Å². The summed E-state index contributed by atoms with van der Waals surface area (Å²) < 4.78 is 35.2. The Morgan fingerprint density at radius 1 is 1.12 bits per heavy atom. The van der Waals surface area contributed by atoms with Crippen LogP contribution in [-0.4, -0.2) is 24.4 Å². The summed E-state index contributed by atoms with van der Waals surface area (Å²) in [5, 5.41) is 1.78. The second-order valence-corrected chi connectivity index (χ2v) is 3.46. The van der Waals surface area contributed by atoms with Crippen LogP contribution in [0.3, 0.4) is 0 Å². The van der Waals surface area contributed by atoms with E-state index < -0.39 is 12.1 Å². The number of nitrogens with one attached hydrogen (secondary N) is 1. The third-order valence-electron chi connectivity index (χ3n) is 2.07. The summed E-state index contributed by atoms with van der Waals surface area (Å²) in [6.45, 7) is 1.77. The smallest absolute Gasteiger partial charge is 0.348 e. The molecule has 0 bridgehead atoms. The highest BCUT2D eigenvalue weighted by Gasteiger charge is 2.38. The van der Waals surface area contributed by atoms with Crippen LogP contribution in [0.5, 0.6) is 0 Å². The van der Waals surface area contributed by atoms with Gasteiger partial charge in [0.2, 0.25) is 0 Å². The first kappa shape index (κ1) is 14.9. The molecule has 16 heavy (non-hydrogen) atoms. The fourth-order valence-electron chi connectivity index (χ4n) is 1.10. The standard InChI is InChI=1S/C10H16F3NO2/c1-2-8(15)6-4-3-5-7-14-9(16)10(11,12)13/h2-7H2,1H3,(H,14,16). The van der Waals surface area contributed by atoms with Crippen LogP contribution in [-0.2, 0) is 9.59 Å². The Morgan fingerprint density at radius 3 is 2.25 bits per heavy atom. The molecule has 0 aliphatic carbocycles. The van der Waals surface area contributed by atoms with Gasteiger partial charge in [-0.25, -0.2) is 0 Å².